The molecular formula is C14H17NOS. The minimum Gasteiger partial charge on any atom is -0.394 e. The molecule has 90 valence electrons. The van der Waals surface area contributed by atoms with Crippen LogP contribution in [0.1, 0.15) is 21.4 Å². The van der Waals surface area contributed by atoms with Gasteiger partial charge in [0.2, 0.25) is 0 Å². The maximum Gasteiger partial charge on any atom is 0.0626 e. The van der Waals surface area contributed by atoms with Crippen LogP contribution in [0.5, 0.6) is 0 Å². The molecule has 2 aromatic rings. The van der Waals surface area contributed by atoms with Crippen LogP contribution < -0.4 is 5.32 Å². The monoisotopic (exact) mass is 247 g/mol. The van der Waals surface area contributed by atoms with Crippen LogP contribution in [0.25, 0.3) is 0 Å². The van der Waals surface area contributed by atoms with Gasteiger partial charge in [-0.25, -0.2) is 0 Å². The van der Waals surface area contributed by atoms with Gasteiger partial charge in [-0.05, 0) is 24.6 Å². The average molecular weight is 247 g/mol. The van der Waals surface area contributed by atoms with Gasteiger partial charge in [0.25, 0.3) is 0 Å². The first-order chi connectivity index (χ1) is 8.29. The van der Waals surface area contributed by atoms with Crippen molar-refractivity contribution in [1.29, 1.82) is 0 Å². The van der Waals surface area contributed by atoms with Crippen molar-refractivity contribution in [3.05, 3.63) is 57.8 Å². The lowest BCUT2D eigenvalue weighted by Crippen LogP contribution is -2.23. The van der Waals surface area contributed by atoms with Gasteiger partial charge in [-0.2, -0.15) is 0 Å². The summed E-state index contributed by atoms with van der Waals surface area (Å²) in [4.78, 5) is 2.62. The van der Waals surface area contributed by atoms with E-state index in [1.54, 1.807) is 11.3 Å². The number of benzene rings is 1. The largest absolute Gasteiger partial charge is 0.394 e. The molecule has 0 aliphatic rings. The molecule has 0 fully saturated rings. The summed E-state index contributed by atoms with van der Waals surface area (Å²) < 4.78 is 0. The van der Waals surface area contributed by atoms with Crippen molar-refractivity contribution in [1.82, 2.24) is 5.32 Å². The Hall–Kier alpha value is -1.16. The summed E-state index contributed by atoms with van der Waals surface area (Å²) >= 11 is 1.79. The van der Waals surface area contributed by atoms with Gasteiger partial charge in [0.1, 0.15) is 0 Å². The van der Waals surface area contributed by atoms with Gasteiger partial charge in [-0.1, -0.05) is 30.3 Å². The molecule has 2 nitrogen and oxygen atoms in total. The zero-order valence-electron chi connectivity index (χ0n) is 9.89. The fourth-order valence-corrected chi connectivity index (χ4v) is 2.62. The zero-order valence-corrected chi connectivity index (χ0v) is 10.7. The van der Waals surface area contributed by atoms with Crippen LogP contribution in [-0.4, -0.2) is 11.7 Å². The topological polar surface area (TPSA) is 32.3 Å². The lowest BCUT2D eigenvalue weighted by Gasteiger charge is -2.15. The third-order valence-corrected chi connectivity index (χ3v) is 3.70. The standard InChI is InChI=1S/C14H17NOS/c1-11-7-8-13(17-11)9-15-14(10-16)12-5-3-2-4-6-12/h2-8,14-16H,9-10H2,1H3/t14-/m1/s1. The van der Waals surface area contributed by atoms with Crippen LogP contribution >= 0.6 is 11.3 Å². The van der Waals surface area contributed by atoms with Crippen LogP contribution in [0, 0.1) is 6.92 Å². The third kappa shape index (κ3) is 3.40. The highest BCUT2D eigenvalue weighted by Gasteiger charge is 2.09. The summed E-state index contributed by atoms with van der Waals surface area (Å²) in [6, 6.07) is 14.3. The van der Waals surface area contributed by atoms with Crippen molar-refractivity contribution in [3.63, 3.8) is 0 Å². The predicted molar refractivity (Wildman–Crippen MR) is 72.2 cm³/mol. The second kappa shape index (κ2) is 5.96. The van der Waals surface area contributed by atoms with Crippen molar-refractivity contribution in [2.24, 2.45) is 0 Å². The van der Waals surface area contributed by atoms with Crippen molar-refractivity contribution in [2.75, 3.05) is 6.61 Å². The van der Waals surface area contributed by atoms with E-state index in [4.69, 9.17) is 0 Å². The molecule has 0 spiro atoms. The van der Waals surface area contributed by atoms with Crippen molar-refractivity contribution < 1.29 is 5.11 Å². The Kier molecular flexibility index (Phi) is 4.31. The molecule has 0 aliphatic carbocycles. The second-order valence-corrected chi connectivity index (χ2v) is 5.41. The van der Waals surface area contributed by atoms with Gasteiger partial charge >= 0.3 is 0 Å². The summed E-state index contributed by atoms with van der Waals surface area (Å²) in [5.41, 5.74) is 1.13. The fraction of sp³-hybridized carbons (Fsp3) is 0.286. The van der Waals surface area contributed by atoms with Crippen molar-refractivity contribution in [2.45, 2.75) is 19.5 Å². The Labute approximate surface area is 106 Å². The van der Waals surface area contributed by atoms with E-state index < -0.39 is 0 Å². The first-order valence-electron chi connectivity index (χ1n) is 5.74. The highest BCUT2D eigenvalue weighted by atomic mass is 32.1. The van der Waals surface area contributed by atoms with E-state index in [-0.39, 0.29) is 12.6 Å². The van der Waals surface area contributed by atoms with Gasteiger partial charge < -0.3 is 10.4 Å². The van der Waals surface area contributed by atoms with Gasteiger partial charge in [0.05, 0.1) is 12.6 Å². The molecular weight excluding hydrogens is 230 g/mol. The number of aryl methyl sites for hydroxylation is 1. The number of aliphatic hydroxyl groups is 1. The van der Waals surface area contributed by atoms with E-state index in [0.29, 0.717) is 0 Å². The molecule has 2 rings (SSSR count). The molecule has 1 aromatic carbocycles. The summed E-state index contributed by atoms with van der Waals surface area (Å²) in [7, 11) is 0. The van der Waals surface area contributed by atoms with E-state index in [2.05, 4.69) is 24.4 Å². The molecule has 1 aromatic heterocycles. The van der Waals surface area contributed by atoms with Crippen LogP contribution in [0.15, 0.2) is 42.5 Å². The Balaban J connectivity index is 1.97. The minimum atomic E-state index is 0.0126. The van der Waals surface area contributed by atoms with Crippen LogP contribution in [-0.2, 0) is 6.54 Å². The summed E-state index contributed by atoms with van der Waals surface area (Å²) in [6.07, 6.45) is 0. The Morgan fingerprint density at radius 1 is 1.18 bits per heavy atom. The van der Waals surface area contributed by atoms with Gasteiger partial charge in [-0.15, -0.1) is 11.3 Å². The molecule has 1 atom stereocenters. The zero-order chi connectivity index (χ0) is 12.1. The molecule has 17 heavy (non-hydrogen) atoms. The van der Waals surface area contributed by atoms with Gasteiger partial charge in [0.15, 0.2) is 0 Å². The van der Waals surface area contributed by atoms with E-state index in [0.717, 1.165) is 12.1 Å². The number of hydrogen-bond donors (Lipinski definition) is 2. The highest BCUT2D eigenvalue weighted by Crippen LogP contribution is 2.17. The molecule has 0 saturated heterocycles. The number of nitrogens with one attached hydrogen (secondary N) is 1. The normalized spacial score (nSPS) is 12.6. The third-order valence-electron chi connectivity index (χ3n) is 2.70. The van der Waals surface area contributed by atoms with Crippen molar-refractivity contribution in [3.8, 4) is 0 Å². The Morgan fingerprint density at radius 3 is 2.53 bits per heavy atom. The maximum absolute atomic E-state index is 9.40. The van der Waals surface area contributed by atoms with E-state index in [9.17, 15) is 5.11 Å². The summed E-state index contributed by atoms with van der Waals surface area (Å²) in [6.45, 7) is 3.03. The van der Waals surface area contributed by atoms with E-state index in [1.165, 1.54) is 9.75 Å². The lowest BCUT2D eigenvalue weighted by molar-refractivity contribution is 0.244. The highest BCUT2D eigenvalue weighted by molar-refractivity contribution is 7.11. The van der Waals surface area contributed by atoms with Gasteiger partial charge in [0, 0.05) is 16.3 Å². The lowest BCUT2D eigenvalue weighted by atomic mass is 10.1. The molecule has 0 unspecified atom stereocenters. The SMILES string of the molecule is Cc1ccc(CN[C@H](CO)c2ccccc2)s1. The van der Waals surface area contributed by atoms with E-state index in [1.807, 2.05) is 30.3 Å². The quantitative estimate of drug-likeness (QED) is 0.851. The first-order valence-corrected chi connectivity index (χ1v) is 6.56. The van der Waals surface area contributed by atoms with Crippen LogP contribution in [0.4, 0.5) is 0 Å². The second-order valence-electron chi connectivity index (χ2n) is 4.04. The molecule has 1 heterocycles. The van der Waals surface area contributed by atoms with Crippen LogP contribution in [0.3, 0.4) is 0 Å². The Morgan fingerprint density at radius 2 is 1.94 bits per heavy atom. The first kappa shape index (κ1) is 12.3. The van der Waals surface area contributed by atoms with E-state index >= 15 is 0 Å². The van der Waals surface area contributed by atoms with Crippen molar-refractivity contribution >= 4 is 11.3 Å². The number of aliphatic hydroxyl groups excluding tert-OH is 1. The predicted octanol–water partition coefficient (Wildman–Crippen LogP) is 2.88. The summed E-state index contributed by atoms with van der Waals surface area (Å²) in [5.74, 6) is 0. The molecule has 0 bridgehead atoms. The average Bonchev–Trinajstić information content (AvgIpc) is 2.77. The maximum atomic E-state index is 9.40. The molecule has 0 saturated carbocycles. The fourth-order valence-electron chi connectivity index (χ4n) is 1.78. The number of thiophene rings is 1. The molecule has 3 heteroatoms. The smallest absolute Gasteiger partial charge is 0.0626 e. The van der Waals surface area contributed by atoms with Crippen LogP contribution in [0.2, 0.25) is 0 Å². The Bertz CT molecular complexity index is 452. The molecule has 0 radical (unpaired) electrons. The molecule has 0 amide bonds. The van der Waals surface area contributed by atoms with Gasteiger partial charge in [-0.3, -0.25) is 0 Å². The number of rotatable bonds is 5. The molecule has 2 N–H and O–H groups in total. The molecule has 0 aliphatic heterocycles. The summed E-state index contributed by atoms with van der Waals surface area (Å²) in [5, 5.41) is 12.8. The minimum absolute atomic E-state index is 0.0126. The number of hydrogen-bond acceptors (Lipinski definition) is 3.